The quantitative estimate of drug-likeness (QED) is 0.873. The molecule has 118 valence electrons. The normalized spacial score (nSPS) is 22.3. The van der Waals surface area contributed by atoms with Crippen LogP contribution in [0.2, 0.25) is 0 Å². The molecule has 1 unspecified atom stereocenters. The molecule has 2 heterocycles. The van der Waals surface area contributed by atoms with Gasteiger partial charge in [0, 0.05) is 29.0 Å². The van der Waals surface area contributed by atoms with Gasteiger partial charge in [-0.3, -0.25) is 4.90 Å². The summed E-state index contributed by atoms with van der Waals surface area (Å²) >= 11 is 3.58. The maximum Gasteiger partial charge on any atom is 0.124 e. The molecule has 2 aliphatic rings. The van der Waals surface area contributed by atoms with Gasteiger partial charge in [-0.2, -0.15) is 0 Å². The molecular formula is C16H24BrClN2O. The van der Waals surface area contributed by atoms with E-state index in [0.29, 0.717) is 6.04 Å². The fourth-order valence-electron chi connectivity index (χ4n) is 3.40. The third-order valence-corrected chi connectivity index (χ3v) is 5.01. The van der Waals surface area contributed by atoms with Gasteiger partial charge in [-0.1, -0.05) is 15.9 Å². The van der Waals surface area contributed by atoms with Crippen LogP contribution in [0.15, 0.2) is 22.7 Å². The highest BCUT2D eigenvalue weighted by Gasteiger charge is 2.27. The van der Waals surface area contributed by atoms with Gasteiger partial charge in [0.05, 0.1) is 6.61 Å². The van der Waals surface area contributed by atoms with E-state index >= 15 is 0 Å². The summed E-state index contributed by atoms with van der Waals surface area (Å²) in [5.74, 6) is 1.89. The molecule has 0 saturated carbocycles. The largest absolute Gasteiger partial charge is 0.493 e. The summed E-state index contributed by atoms with van der Waals surface area (Å²) in [6.07, 6.45) is 3.70. The molecule has 0 amide bonds. The summed E-state index contributed by atoms with van der Waals surface area (Å²) in [4.78, 5) is 2.53. The van der Waals surface area contributed by atoms with Crippen molar-refractivity contribution >= 4 is 28.3 Å². The lowest BCUT2D eigenvalue weighted by Gasteiger charge is -2.36. The Morgan fingerprint density at radius 1 is 1.29 bits per heavy atom. The molecule has 0 radical (unpaired) electrons. The Labute approximate surface area is 142 Å². The minimum atomic E-state index is 0. The second kappa shape index (κ2) is 7.82. The maximum absolute atomic E-state index is 5.79. The average molecular weight is 376 g/mol. The van der Waals surface area contributed by atoms with Crippen LogP contribution in [0.25, 0.3) is 0 Å². The van der Waals surface area contributed by atoms with E-state index in [0.717, 1.165) is 29.2 Å². The lowest BCUT2D eigenvalue weighted by molar-refractivity contribution is 0.139. The van der Waals surface area contributed by atoms with Crippen LogP contribution in [-0.4, -0.2) is 38.2 Å². The van der Waals surface area contributed by atoms with Gasteiger partial charge >= 0.3 is 0 Å². The lowest BCUT2D eigenvalue weighted by Crippen LogP contribution is -2.37. The third kappa shape index (κ3) is 4.13. The van der Waals surface area contributed by atoms with Crippen LogP contribution in [-0.2, 0) is 0 Å². The van der Waals surface area contributed by atoms with Crippen LogP contribution in [0, 0.1) is 5.92 Å². The Hall–Kier alpha value is -0.290. The number of ether oxygens (including phenoxy) is 1. The molecule has 1 atom stereocenters. The van der Waals surface area contributed by atoms with Crippen LogP contribution in [0.3, 0.4) is 0 Å². The average Bonchev–Trinajstić information content (AvgIpc) is 2.47. The van der Waals surface area contributed by atoms with Crippen LogP contribution < -0.4 is 10.1 Å². The molecule has 1 N–H and O–H groups in total. The van der Waals surface area contributed by atoms with Gasteiger partial charge in [-0.05, 0) is 57.1 Å². The van der Waals surface area contributed by atoms with E-state index < -0.39 is 0 Å². The smallest absolute Gasteiger partial charge is 0.124 e. The molecule has 1 fully saturated rings. The highest BCUT2D eigenvalue weighted by Crippen LogP contribution is 2.37. The van der Waals surface area contributed by atoms with Gasteiger partial charge < -0.3 is 10.1 Å². The first-order valence-electron chi connectivity index (χ1n) is 7.57. The molecule has 0 aromatic heterocycles. The minimum absolute atomic E-state index is 0. The molecular weight excluding hydrogens is 352 g/mol. The lowest BCUT2D eigenvalue weighted by atomic mass is 9.94. The monoisotopic (exact) mass is 374 g/mol. The van der Waals surface area contributed by atoms with E-state index in [4.69, 9.17) is 4.74 Å². The van der Waals surface area contributed by atoms with Crippen LogP contribution in [0.1, 0.15) is 30.9 Å². The van der Waals surface area contributed by atoms with Crippen LogP contribution in [0.4, 0.5) is 0 Å². The second-order valence-electron chi connectivity index (χ2n) is 5.97. The van der Waals surface area contributed by atoms with Crippen LogP contribution >= 0.6 is 28.3 Å². The first-order chi connectivity index (χ1) is 9.74. The molecule has 0 spiro atoms. The number of nitrogens with one attached hydrogen (secondary N) is 1. The molecule has 3 rings (SSSR count). The van der Waals surface area contributed by atoms with Crippen molar-refractivity contribution < 1.29 is 4.74 Å². The predicted octanol–water partition coefficient (Wildman–Crippen LogP) is 3.63. The van der Waals surface area contributed by atoms with Crippen LogP contribution in [0.5, 0.6) is 5.75 Å². The predicted molar refractivity (Wildman–Crippen MR) is 92.5 cm³/mol. The van der Waals surface area contributed by atoms with E-state index in [9.17, 15) is 0 Å². The molecule has 5 heteroatoms. The molecule has 2 aliphatic heterocycles. The van der Waals surface area contributed by atoms with Crippen molar-refractivity contribution in [3.8, 4) is 5.75 Å². The zero-order valence-corrected chi connectivity index (χ0v) is 14.9. The highest BCUT2D eigenvalue weighted by molar-refractivity contribution is 9.10. The van der Waals surface area contributed by atoms with Crippen molar-refractivity contribution in [2.45, 2.75) is 25.3 Å². The standard InChI is InChI=1S/C16H23BrN2O.ClH/c1-19(11-12-4-7-18-8-5-12)15-6-9-20-16-3-2-13(17)10-14(15)16;/h2-3,10,12,15,18H,4-9,11H2,1H3;1H. The van der Waals surface area contributed by atoms with E-state index in [1.165, 1.54) is 38.0 Å². The molecule has 3 nitrogen and oxygen atoms in total. The number of benzene rings is 1. The first kappa shape index (κ1) is 17.1. The van der Waals surface area contributed by atoms with Crippen molar-refractivity contribution in [3.63, 3.8) is 0 Å². The van der Waals surface area contributed by atoms with Gasteiger partial charge in [0.15, 0.2) is 0 Å². The SMILES string of the molecule is CN(CC1CCNCC1)C1CCOc2ccc(Br)cc21.Cl. The van der Waals surface area contributed by atoms with Gasteiger partial charge in [-0.15, -0.1) is 12.4 Å². The fraction of sp³-hybridized carbons (Fsp3) is 0.625. The molecule has 1 aromatic rings. The van der Waals surface area contributed by atoms with E-state index in [1.54, 1.807) is 0 Å². The minimum Gasteiger partial charge on any atom is -0.493 e. The highest BCUT2D eigenvalue weighted by atomic mass is 79.9. The Balaban J connectivity index is 0.00000161. The molecule has 21 heavy (non-hydrogen) atoms. The van der Waals surface area contributed by atoms with Crippen molar-refractivity contribution in [2.75, 3.05) is 33.3 Å². The van der Waals surface area contributed by atoms with E-state index in [2.05, 4.69) is 51.4 Å². The Morgan fingerprint density at radius 3 is 2.81 bits per heavy atom. The Bertz CT molecular complexity index is 466. The zero-order valence-electron chi connectivity index (χ0n) is 12.5. The second-order valence-corrected chi connectivity index (χ2v) is 6.88. The topological polar surface area (TPSA) is 24.5 Å². The number of halogens is 2. The Kier molecular flexibility index (Phi) is 6.35. The first-order valence-corrected chi connectivity index (χ1v) is 8.36. The molecule has 1 aromatic carbocycles. The molecule has 0 bridgehead atoms. The van der Waals surface area contributed by atoms with Gasteiger partial charge in [0.1, 0.15) is 5.75 Å². The van der Waals surface area contributed by atoms with Gasteiger partial charge in [-0.25, -0.2) is 0 Å². The van der Waals surface area contributed by atoms with Crippen molar-refractivity contribution in [2.24, 2.45) is 5.92 Å². The van der Waals surface area contributed by atoms with Crippen molar-refractivity contribution in [3.05, 3.63) is 28.2 Å². The van der Waals surface area contributed by atoms with Crippen molar-refractivity contribution in [1.82, 2.24) is 10.2 Å². The molecule has 1 saturated heterocycles. The van der Waals surface area contributed by atoms with Gasteiger partial charge in [0.25, 0.3) is 0 Å². The number of hydrogen-bond donors (Lipinski definition) is 1. The third-order valence-electron chi connectivity index (χ3n) is 4.52. The molecule has 0 aliphatic carbocycles. The number of piperidine rings is 1. The fourth-order valence-corrected chi connectivity index (χ4v) is 3.78. The zero-order chi connectivity index (χ0) is 13.9. The van der Waals surface area contributed by atoms with E-state index in [-0.39, 0.29) is 12.4 Å². The summed E-state index contributed by atoms with van der Waals surface area (Å²) in [5, 5.41) is 3.45. The summed E-state index contributed by atoms with van der Waals surface area (Å²) in [6.45, 7) is 4.37. The number of hydrogen-bond acceptors (Lipinski definition) is 3. The number of fused-ring (bicyclic) bond motifs is 1. The summed E-state index contributed by atoms with van der Waals surface area (Å²) in [7, 11) is 2.27. The summed E-state index contributed by atoms with van der Waals surface area (Å²) < 4.78 is 6.93. The van der Waals surface area contributed by atoms with Crippen molar-refractivity contribution in [1.29, 1.82) is 0 Å². The summed E-state index contributed by atoms with van der Waals surface area (Å²) in [6, 6.07) is 6.86. The van der Waals surface area contributed by atoms with Gasteiger partial charge in [0.2, 0.25) is 0 Å². The Morgan fingerprint density at radius 2 is 2.05 bits per heavy atom. The number of rotatable bonds is 3. The maximum atomic E-state index is 5.79. The summed E-state index contributed by atoms with van der Waals surface area (Å²) in [5.41, 5.74) is 1.34. The van der Waals surface area contributed by atoms with E-state index in [1.807, 2.05) is 0 Å². The number of nitrogens with zero attached hydrogens (tertiary/aromatic N) is 1.